The van der Waals surface area contributed by atoms with Crippen molar-refractivity contribution in [1.82, 2.24) is 20.9 Å². The molecule has 2 aromatic rings. The molecule has 0 aliphatic carbocycles. The van der Waals surface area contributed by atoms with Crippen LogP contribution in [-0.4, -0.2) is 65.9 Å². The van der Waals surface area contributed by atoms with Gasteiger partial charge >= 0.3 is 12.2 Å². The highest BCUT2D eigenvalue weighted by Crippen LogP contribution is 2.15. The highest BCUT2D eigenvalue weighted by molar-refractivity contribution is 5.98. The molecule has 2 aromatic carbocycles. The number of hydrogen-bond acceptors (Lipinski definition) is 7. The van der Waals surface area contributed by atoms with E-state index in [2.05, 4.69) is 16.0 Å². The Balaban J connectivity index is 1.57. The summed E-state index contributed by atoms with van der Waals surface area (Å²) in [6.45, 7) is 7.50. The van der Waals surface area contributed by atoms with Gasteiger partial charge in [-0.25, -0.2) is 9.59 Å². The van der Waals surface area contributed by atoms with Crippen molar-refractivity contribution in [3.63, 3.8) is 0 Å². The predicted molar refractivity (Wildman–Crippen MR) is 160 cm³/mol. The molecule has 0 aromatic heterocycles. The first-order chi connectivity index (χ1) is 20.5. The van der Waals surface area contributed by atoms with Crippen LogP contribution in [0.3, 0.4) is 0 Å². The summed E-state index contributed by atoms with van der Waals surface area (Å²) in [5.41, 5.74) is 1.61. The molecule has 3 rings (SSSR count). The number of ether oxygens (including phenoxy) is 2. The van der Waals surface area contributed by atoms with Crippen LogP contribution in [-0.2, 0) is 37.1 Å². The number of alkyl carbamates (subject to hydrolysis) is 2. The fourth-order valence-corrected chi connectivity index (χ4v) is 4.68. The Labute approximate surface area is 252 Å². The first kappa shape index (κ1) is 33.1. The third-order valence-electron chi connectivity index (χ3n) is 6.80. The summed E-state index contributed by atoms with van der Waals surface area (Å²) in [6, 6.07) is 15.5. The average molecular weight is 595 g/mol. The van der Waals surface area contributed by atoms with E-state index in [0.29, 0.717) is 12.8 Å². The van der Waals surface area contributed by atoms with Crippen LogP contribution in [0.15, 0.2) is 60.7 Å². The molecular formula is C32H42N4O7. The van der Waals surface area contributed by atoms with Crippen LogP contribution in [0.2, 0.25) is 0 Å². The second kappa shape index (κ2) is 16.3. The van der Waals surface area contributed by atoms with Crippen molar-refractivity contribution in [2.45, 2.75) is 71.9 Å². The molecule has 43 heavy (non-hydrogen) atoms. The van der Waals surface area contributed by atoms with Crippen LogP contribution < -0.4 is 16.0 Å². The first-order valence-corrected chi connectivity index (χ1v) is 14.6. The molecule has 0 bridgehead atoms. The maximum absolute atomic E-state index is 13.4. The van der Waals surface area contributed by atoms with Crippen molar-refractivity contribution in [3.05, 3.63) is 71.8 Å². The van der Waals surface area contributed by atoms with Crippen molar-refractivity contribution in [1.29, 1.82) is 0 Å². The van der Waals surface area contributed by atoms with Crippen molar-refractivity contribution in [3.8, 4) is 0 Å². The quantitative estimate of drug-likeness (QED) is 0.322. The van der Waals surface area contributed by atoms with Crippen LogP contribution >= 0.6 is 0 Å². The summed E-state index contributed by atoms with van der Waals surface area (Å²) in [6.07, 6.45) is -0.825. The number of carbonyl (C=O) groups excluding carboxylic acids is 5. The number of ketones is 1. The molecule has 1 unspecified atom stereocenters. The average Bonchev–Trinajstić information content (AvgIpc) is 3.34. The third kappa shape index (κ3) is 11.1. The third-order valence-corrected chi connectivity index (χ3v) is 6.80. The van der Waals surface area contributed by atoms with Crippen LogP contribution in [0.1, 0.15) is 51.7 Å². The van der Waals surface area contributed by atoms with E-state index in [0.717, 1.165) is 11.1 Å². The normalized spacial score (nSPS) is 16.0. The lowest BCUT2D eigenvalue weighted by atomic mass is 10.0. The minimum atomic E-state index is -0.946. The molecule has 1 fully saturated rings. The van der Waals surface area contributed by atoms with E-state index in [4.69, 9.17) is 9.47 Å². The van der Waals surface area contributed by atoms with Gasteiger partial charge in [0.05, 0.1) is 6.54 Å². The Bertz CT molecular complexity index is 1240. The summed E-state index contributed by atoms with van der Waals surface area (Å²) >= 11 is 0. The van der Waals surface area contributed by atoms with Gasteiger partial charge in [0.2, 0.25) is 11.8 Å². The van der Waals surface area contributed by atoms with Crippen LogP contribution in [0, 0.1) is 11.8 Å². The standard InChI is InChI=1S/C32H42N4O7/c1-21(2)15-25(34-31(40)42-19-23-11-7-5-8-12-23)29(38)33-27-17-36(18-28(27)37)30(39)26(16-22(3)4)35-32(41)43-20-24-13-9-6-10-14-24/h5-14,21-22,25-27H,15-20H2,1-4H3,(H,33,38)(H,34,40)(H,35,41)/t25-,26+,27?/m0/s1. The van der Waals surface area contributed by atoms with Gasteiger partial charge in [-0.05, 0) is 35.8 Å². The molecule has 11 nitrogen and oxygen atoms in total. The molecule has 0 radical (unpaired) electrons. The number of hydrogen-bond donors (Lipinski definition) is 3. The largest absolute Gasteiger partial charge is 0.445 e. The number of likely N-dealkylation sites (tertiary alicyclic amines) is 1. The second-order valence-corrected chi connectivity index (χ2v) is 11.5. The van der Waals surface area contributed by atoms with Crippen molar-refractivity contribution < 1.29 is 33.4 Å². The van der Waals surface area contributed by atoms with Crippen LogP contribution in [0.5, 0.6) is 0 Å². The van der Waals surface area contributed by atoms with Gasteiger partial charge in [0, 0.05) is 6.54 Å². The van der Waals surface area contributed by atoms with E-state index in [1.807, 2.05) is 88.4 Å². The van der Waals surface area contributed by atoms with Gasteiger partial charge < -0.3 is 30.3 Å². The highest BCUT2D eigenvalue weighted by Gasteiger charge is 2.39. The minimum Gasteiger partial charge on any atom is -0.445 e. The zero-order valence-corrected chi connectivity index (χ0v) is 25.2. The molecule has 1 heterocycles. The molecule has 1 saturated heterocycles. The second-order valence-electron chi connectivity index (χ2n) is 11.5. The predicted octanol–water partition coefficient (Wildman–Crippen LogP) is 3.56. The molecule has 11 heteroatoms. The number of Topliss-reactive ketones (excluding diaryl/α,β-unsaturated/α-hetero) is 1. The fourth-order valence-electron chi connectivity index (χ4n) is 4.68. The minimum absolute atomic E-state index is 0.0479. The zero-order valence-electron chi connectivity index (χ0n) is 25.2. The molecule has 0 spiro atoms. The van der Waals surface area contributed by atoms with E-state index in [1.165, 1.54) is 4.90 Å². The molecule has 4 amide bonds. The van der Waals surface area contributed by atoms with Gasteiger partial charge in [0.25, 0.3) is 0 Å². The number of rotatable bonds is 13. The molecular weight excluding hydrogens is 552 g/mol. The first-order valence-electron chi connectivity index (χ1n) is 14.6. The molecule has 3 atom stereocenters. The summed E-state index contributed by atoms with van der Waals surface area (Å²) in [5, 5.41) is 7.93. The van der Waals surface area contributed by atoms with E-state index in [9.17, 15) is 24.0 Å². The monoisotopic (exact) mass is 594 g/mol. The van der Waals surface area contributed by atoms with Gasteiger partial charge in [-0.1, -0.05) is 88.4 Å². The molecule has 1 aliphatic rings. The molecule has 0 saturated carbocycles. The topological polar surface area (TPSA) is 143 Å². The molecule has 1 aliphatic heterocycles. The SMILES string of the molecule is CC(C)C[C@H](NC(=O)OCc1ccccc1)C(=O)NC1CN(C(=O)[C@@H](CC(C)C)NC(=O)OCc2ccccc2)CC1=O. The number of carbonyl (C=O) groups is 5. The van der Waals surface area contributed by atoms with E-state index >= 15 is 0 Å². The number of amides is 4. The Morgan fingerprint density at radius 1 is 0.767 bits per heavy atom. The van der Waals surface area contributed by atoms with Gasteiger partial charge in [-0.2, -0.15) is 0 Å². The lowest BCUT2D eigenvalue weighted by Crippen LogP contribution is -2.53. The van der Waals surface area contributed by atoms with Gasteiger partial charge in [0.1, 0.15) is 31.3 Å². The molecule has 232 valence electrons. The summed E-state index contributed by atoms with van der Waals surface area (Å²) in [5.74, 6) is -1.18. The van der Waals surface area contributed by atoms with Crippen molar-refractivity contribution in [2.75, 3.05) is 13.1 Å². The Kier molecular flexibility index (Phi) is 12.5. The van der Waals surface area contributed by atoms with Crippen molar-refractivity contribution >= 4 is 29.8 Å². The summed E-state index contributed by atoms with van der Waals surface area (Å²) < 4.78 is 10.6. The van der Waals surface area contributed by atoms with Gasteiger partial charge in [-0.15, -0.1) is 0 Å². The lowest BCUT2D eigenvalue weighted by molar-refractivity contribution is -0.134. The van der Waals surface area contributed by atoms with Crippen LogP contribution in [0.4, 0.5) is 9.59 Å². The maximum atomic E-state index is 13.4. The number of nitrogens with zero attached hydrogens (tertiary/aromatic N) is 1. The summed E-state index contributed by atoms with van der Waals surface area (Å²) in [4.78, 5) is 65.7. The number of nitrogens with one attached hydrogen (secondary N) is 3. The Morgan fingerprint density at radius 3 is 1.72 bits per heavy atom. The van der Waals surface area contributed by atoms with Gasteiger partial charge in [-0.3, -0.25) is 14.4 Å². The van der Waals surface area contributed by atoms with Crippen LogP contribution in [0.25, 0.3) is 0 Å². The maximum Gasteiger partial charge on any atom is 0.408 e. The smallest absolute Gasteiger partial charge is 0.408 e. The number of benzene rings is 2. The Hall–Kier alpha value is -4.41. The van der Waals surface area contributed by atoms with Crippen molar-refractivity contribution in [2.24, 2.45) is 11.8 Å². The molecule has 3 N–H and O–H groups in total. The van der Waals surface area contributed by atoms with E-state index in [1.54, 1.807) is 0 Å². The Morgan fingerprint density at radius 2 is 1.23 bits per heavy atom. The summed E-state index contributed by atoms with van der Waals surface area (Å²) in [7, 11) is 0. The fraction of sp³-hybridized carbons (Fsp3) is 0.469. The lowest BCUT2D eigenvalue weighted by Gasteiger charge is -2.25. The zero-order chi connectivity index (χ0) is 31.4. The van der Waals surface area contributed by atoms with E-state index < -0.39 is 42.1 Å². The van der Waals surface area contributed by atoms with E-state index in [-0.39, 0.29) is 43.9 Å². The van der Waals surface area contributed by atoms with Gasteiger partial charge in [0.15, 0.2) is 5.78 Å². The highest BCUT2D eigenvalue weighted by atomic mass is 16.6.